The van der Waals surface area contributed by atoms with E-state index in [2.05, 4.69) is 27.6 Å². The van der Waals surface area contributed by atoms with Crippen LogP contribution in [0.1, 0.15) is 16.8 Å². The fourth-order valence-corrected chi connectivity index (χ4v) is 2.52. The zero-order valence-electron chi connectivity index (χ0n) is 9.19. The van der Waals surface area contributed by atoms with E-state index in [1.807, 2.05) is 7.05 Å². The van der Waals surface area contributed by atoms with Gasteiger partial charge in [-0.3, -0.25) is 0 Å². The molecule has 84 valence electrons. The van der Waals surface area contributed by atoms with E-state index in [0.717, 1.165) is 36.9 Å². The average molecular weight is 227 g/mol. The zero-order chi connectivity index (χ0) is 10.7. The number of nitrogens with zero attached hydrogens (tertiary/aromatic N) is 2. The van der Waals surface area contributed by atoms with Crippen molar-refractivity contribution in [3.8, 4) is 0 Å². The van der Waals surface area contributed by atoms with Crippen molar-refractivity contribution in [2.24, 2.45) is 0 Å². The summed E-state index contributed by atoms with van der Waals surface area (Å²) >= 11 is 1.70. The van der Waals surface area contributed by atoms with Gasteiger partial charge in [0.25, 0.3) is 0 Å². The van der Waals surface area contributed by atoms with Crippen molar-refractivity contribution >= 4 is 11.3 Å². The third-order valence-corrected chi connectivity index (χ3v) is 3.46. The molecule has 5 heteroatoms. The molecule has 2 heterocycles. The fourth-order valence-electron chi connectivity index (χ4n) is 1.66. The Morgan fingerprint density at radius 1 is 1.73 bits per heavy atom. The monoisotopic (exact) mass is 227 g/mol. The largest absolute Gasteiger partial charge is 0.368 e. The molecule has 1 saturated heterocycles. The highest BCUT2D eigenvalue weighted by Gasteiger charge is 2.22. The van der Waals surface area contributed by atoms with Gasteiger partial charge in [0.1, 0.15) is 11.1 Å². The molecule has 1 fully saturated rings. The van der Waals surface area contributed by atoms with Crippen molar-refractivity contribution in [3.63, 3.8) is 0 Å². The molecule has 4 nitrogen and oxygen atoms in total. The van der Waals surface area contributed by atoms with Crippen LogP contribution in [0.4, 0.5) is 0 Å². The first-order valence-electron chi connectivity index (χ1n) is 5.18. The Hall–Kier alpha value is -0.490. The molecule has 2 rings (SSSR count). The van der Waals surface area contributed by atoms with Gasteiger partial charge in [-0.1, -0.05) is 0 Å². The predicted octanol–water partition coefficient (Wildman–Crippen LogP) is 0.866. The first-order valence-corrected chi connectivity index (χ1v) is 6.06. The van der Waals surface area contributed by atoms with E-state index in [0.29, 0.717) is 0 Å². The van der Waals surface area contributed by atoms with Crippen molar-refractivity contribution < 1.29 is 4.74 Å². The first kappa shape index (κ1) is 11.0. The third kappa shape index (κ3) is 2.75. The van der Waals surface area contributed by atoms with Crippen LogP contribution in [-0.4, -0.2) is 43.7 Å². The maximum absolute atomic E-state index is 5.71. The Labute approximate surface area is 94.3 Å². The number of nitrogens with one attached hydrogen (secondary N) is 1. The number of thiazole rings is 1. The van der Waals surface area contributed by atoms with Gasteiger partial charge in [0.15, 0.2) is 0 Å². The van der Waals surface area contributed by atoms with Crippen LogP contribution in [0.25, 0.3) is 0 Å². The smallest absolute Gasteiger partial charge is 0.123 e. The second-order valence-corrected chi connectivity index (χ2v) is 4.72. The minimum atomic E-state index is 0.166. The van der Waals surface area contributed by atoms with Crippen molar-refractivity contribution in [2.75, 3.05) is 33.8 Å². The molecule has 0 aliphatic carbocycles. The van der Waals surface area contributed by atoms with E-state index in [1.54, 1.807) is 11.3 Å². The molecule has 0 spiro atoms. The molecule has 15 heavy (non-hydrogen) atoms. The molecule has 0 amide bonds. The SMILES string of the molecule is CNCc1csc(C2CN(C)CCO2)n1. The molecule has 0 bridgehead atoms. The Balaban J connectivity index is 2.01. The van der Waals surface area contributed by atoms with Crippen LogP contribution in [0.5, 0.6) is 0 Å². The number of morpholine rings is 1. The number of hydrogen-bond acceptors (Lipinski definition) is 5. The lowest BCUT2D eigenvalue weighted by atomic mass is 10.3. The van der Waals surface area contributed by atoms with Crippen molar-refractivity contribution in [3.05, 3.63) is 16.1 Å². The first-order chi connectivity index (χ1) is 7.29. The summed E-state index contributed by atoms with van der Waals surface area (Å²) in [6.07, 6.45) is 0.166. The summed E-state index contributed by atoms with van der Waals surface area (Å²) in [7, 11) is 4.06. The maximum atomic E-state index is 5.71. The van der Waals surface area contributed by atoms with Crippen LogP contribution in [0.3, 0.4) is 0 Å². The molecule has 0 aromatic carbocycles. The molecule has 1 aliphatic heterocycles. The van der Waals surface area contributed by atoms with Gasteiger partial charge in [-0.25, -0.2) is 4.98 Å². The minimum Gasteiger partial charge on any atom is -0.368 e. The summed E-state index contributed by atoms with van der Waals surface area (Å²) in [5, 5.41) is 6.31. The number of hydrogen-bond donors (Lipinski definition) is 1. The van der Waals surface area contributed by atoms with Crippen molar-refractivity contribution in [1.29, 1.82) is 0 Å². The molecular weight excluding hydrogens is 210 g/mol. The van der Waals surface area contributed by atoms with Gasteiger partial charge in [0.2, 0.25) is 0 Å². The van der Waals surface area contributed by atoms with Crippen LogP contribution in [0, 0.1) is 0 Å². The van der Waals surface area contributed by atoms with Crippen LogP contribution in [0.15, 0.2) is 5.38 Å². The quantitative estimate of drug-likeness (QED) is 0.831. The van der Waals surface area contributed by atoms with Gasteiger partial charge in [0.05, 0.1) is 12.3 Å². The molecule has 1 aromatic rings. The molecule has 1 atom stereocenters. The Morgan fingerprint density at radius 3 is 3.33 bits per heavy atom. The normalized spacial score (nSPS) is 23.2. The topological polar surface area (TPSA) is 37.4 Å². The van der Waals surface area contributed by atoms with E-state index in [-0.39, 0.29) is 6.10 Å². The summed E-state index contributed by atoms with van der Waals surface area (Å²) in [6, 6.07) is 0. The summed E-state index contributed by atoms with van der Waals surface area (Å²) in [4.78, 5) is 6.85. The molecular formula is C10H17N3OS. The van der Waals surface area contributed by atoms with Gasteiger partial charge in [0, 0.05) is 25.0 Å². The van der Waals surface area contributed by atoms with Gasteiger partial charge in [-0.15, -0.1) is 11.3 Å². The molecule has 0 saturated carbocycles. The number of likely N-dealkylation sites (N-methyl/N-ethyl adjacent to an activating group) is 1. The highest BCUT2D eigenvalue weighted by atomic mass is 32.1. The molecule has 1 unspecified atom stereocenters. The fraction of sp³-hybridized carbons (Fsp3) is 0.700. The van der Waals surface area contributed by atoms with Crippen molar-refractivity contribution in [1.82, 2.24) is 15.2 Å². The van der Waals surface area contributed by atoms with Gasteiger partial charge in [-0.2, -0.15) is 0 Å². The lowest BCUT2D eigenvalue weighted by Gasteiger charge is -2.28. The van der Waals surface area contributed by atoms with E-state index in [4.69, 9.17) is 4.74 Å². The van der Waals surface area contributed by atoms with Crippen LogP contribution in [0.2, 0.25) is 0 Å². The summed E-state index contributed by atoms with van der Waals surface area (Å²) in [5.41, 5.74) is 1.11. The third-order valence-electron chi connectivity index (χ3n) is 2.47. The summed E-state index contributed by atoms with van der Waals surface area (Å²) in [5.74, 6) is 0. The highest BCUT2D eigenvalue weighted by Crippen LogP contribution is 2.24. The number of aromatic nitrogens is 1. The van der Waals surface area contributed by atoms with Gasteiger partial charge >= 0.3 is 0 Å². The zero-order valence-corrected chi connectivity index (χ0v) is 10.0. The van der Waals surface area contributed by atoms with Gasteiger partial charge in [-0.05, 0) is 14.1 Å². The Kier molecular flexibility index (Phi) is 3.69. The molecule has 1 N–H and O–H groups in total. The lowest BCUT2D eigenvalue weighted by molar-refractivity contribution is -0.0210. The number of rotatable bonds is 3. The summed E-state index contributed by atoms with van der Waals surface area (Å²) < 4.78 is 5.71. The van der Waals surface area contributed by atoms with E-state index >= 15 is 0 Å². The number of ether oxygens (including phenoxy) is 1. The van der Waals surface area contributed by atoms with Crippen molar-refractivity contribution in [2.45, 2.75) is 12.6 Å². The molecule has 1 aliphatic rings. The second-order valence-electron chi connectivity index (χ2n) is 3.83. The maximum Gasteiger partial charge on any atom is 0.123 e. The predicted molar refractivity (Wildman–Crippen MR) is 61.1 cm³/mol. The second kappa shape index (κ2) is 5.03. The standard InChI is InChI=1S/C10H17N3OS/c1-11-5-8-7-15-10(12-8)9-6-13(2)3-4-14-9/h7,9,11H,3-6H2,1-2H3. The molecule has 0 radical (unpaired) electrons. The minimum absolute atomic E-state index is 0.166. The van der Waals surface area contributed by atoms with Crippen LogP contribution in [-0.2, 0) is 11.3 Å². The molecule has 1 aromatic heterocycles. The van der Waals surface area contributed by atoms with E-state index in [1.165, 1.54) is 0 Å². The van der Waals surface area contributed by atoms with E-state index < -0.39 is 0 Å². The van der Waals surface area contributed by atoms with Gasteiger partial charge < -0.3 is 15.0 Å². The lowest BCUT2D eigenvalue weighted by Crippen LogP contribution is -2.35. The Bertz CT molecular complexity index is 315. The van der Waals surface area contributed by atoms with Crippen LogP contribution >= 0.6 is 11.3 Å². The Morgan fingerprint density at radius 2 is 2.60 bits per heavy atom. The van der Waals surface area contributed by atoms with Crippen LogP contribution < -0.4 is 5.32 Å². The highest BCUT2D eigenvalue weighted by molar-refractivity contribution is 7.09. The average Bonchev–Trinajstić information content (AvgIpc) is 2.67. The van der Waals surface area contributed by atoms with E-state index in [9.17, 15) is 0 Å². The summed E-state index contributed by atoms with van der Waals surface area (Å²) in [6.45, 7) is 3.61.